The molecule has 138 valence electrons. The monoisotopic (exact) mass is 384 g/mol. The molecular weight excluding hydrogens is 361 g/mol. The molecule has 0 bridgehead atoms. The number of benzene rings is 1. The Morgan fingerprint density at radius 2 is 1.92 bits per heavy atom. The normalized spacial score (nSPS) is 21.1. The highest BCUT2D eigenvalue weighted by molar-refractivity contribution is 8.76. The van der Waals surface area contributed by atoms with Crippen LogP contribution in [0.15, 0.2) is 24.3 Å². The van der Waals surface area contributed by atoms with Crippen LogP contribution in [0, 0.1) is 0 Å². The summed E-state index contributed by atoms with van der Waals surface area (Å²) in [7, 11) is 4.12. The fraction of sp³-hybridized carbons (Fsp3) is 0.600. The van der Waals surface area contributed by atoms with Gasteiger partial charge in [-0.1, -0.05) is 22.9 Å². The number of rotatable bonds is 6. The molecule has 1 aliphatic rings. The predicted molar refractivity (Wildman–Crippen MR) is 93.5 cm³/mol. The van der Waals surface area contributed by atoms with E-state index in [1.54, 1.807) is 10.8 Å². The maximum absolute atomic E-state index is 12.4. The van der Waals surface area contributed by atoms with Gasteiger partial charge in [-0.25, -0.2) is 0 Å². The van der Waals surface area contributed by atoms with Gasteiger partial charge in [0.15, 0.2) is 0 Å². The molecule has 0 spiro atoms. The number of halogens is 3. The lowest BCUT2D eigenvalue weighted by Crippen LogP contribution is -2.41. The zero-order valence-corrected chi connectivity index (χ0v) is 15.0. The first kappa shape index (κ1) is 21.6. The van der Waals surface area contributed by atoms with Gasteiger partial charge in [0, 0.05) is 25.4 Å². The van der Waals surface area contributed by atoms with Crippen molar-refractivity contribution in [3.05, 3.63) is 35.4 Å². The van der Waals surface area contributed by atoms with Gasteiger partial charge in [-0.2, -0.15) is 13.2 Å². The first-order valence-electron chi connectivity index (χ1n) is 7.49. The van der Waals surface area contributed by atoms with E-state index in [0.29, 0.717) is 12.6 Å². The fourth-order valence-corrected chi connectivity index (χ4v) is 4.11. The van der Waals surface area contributed by atoms with Gasteiger partial charge in [-0.05, 0) is 48.1 Å². The molecular formula is C15H23F3N2O2S2. The Hall–Kier alpha value is -0.450. The van der Waals surface area contributed by atoms with Crippen LogP contribution in [0.3, 0.4) is 0 Å². The minimum Gasteiger partial charge on any atom is -0.400 e. The van der Waals surface area contributed by atoms with E-state index >= 15 is 0 Å². The molecule has 0 amide bonds. The minimum absolute atomic E-state index is 0.211. The number of alkyl halides is 3. The molecule has 9 heteroatoms. The van der Waals surface area contributed by atoms with Crippen LogP contribution in [0.5, 0.6) is 0 Å². The van der Waals surface area contributed by atoms with Gasteiger partial charge in [-0.3, -0.25) is 4.72 Å². The third-order valence-corrected chi connectivity index (χ3v) is 5.45. The molecule has 2 atom stereocenters. The van der Waals surface area contributed by atoms with Crippen LogP contribution < -0.4 is 10.0 Å². The smallest absolute Gasteiger partial charge is 0.400 e. The van der Waals surface area contributed by atoms with Crippen molar-refractivity contribution in [1.29, 1.82) is 0 Å². The number of nitrogens with one attached hydrogen (secondary N) is 2. The van der Waals surface area contributed by atoms with Crippen molar-refractivity contribution >= 4 is 21.8 Å². The summed E-state index contributed by atoms with van der Waals surface area (Å²) < 4.78 is 40.4. The standard InChI is InChI=1S/C14H19F3N2OS2.CH4O/c15-14(16,17)11-3-1-10(2-4-11)8-19-22-21-9-12-7-13(20)5-6-18-12;1-2/h1-4,12-13,18-20H,5-9H2;2H,1H3. The van der Waals surface area contributed by atoms with E-state index in [1.165, 1.54) is 23.1 Å². The maximum atomic E-state index is 12.4. The van der Waals surface area contributed by atoms with E-state index in [1.807, 2.05) is 0 Å². The van der Waals surface area contributed by atoms with Crippen LogP contribution >= 0.6 is 21.8 Å². The first-order valence-corrected chi connectivity index (χ1v) is 9.80. The zero-order valence-electron chi connectivity index (χ0n) is 13.3. The number of hydrogen-bond donors (Lipinski definition) is 4. The molecule has 1 aromatic carbocycles. The molecule has 4 nitrogen and oxygen atoms in total. The molecule has 0 saturated carbocycles. The van der Waals surface area contributed by atoms with Gasteiger partial charge in [0.1, 0.15) is 0 Å². The molecule has 1 heterocycles. The topological polar surface area (TPSA) is 64.5 Å². The van der Waals surface area contributed by atoms with Gasteiger partial charge in [0.05, 0.1) is 11.7 Å². The fourth-order valence-electron chi connectivity index (χ4n) is 2.19. The summed E-state index contributed by atoms with van der Waals surface area (Å²) in [6.07, 6.45) is -2.92. The van der Waals surface area contributed by atoms with Crippen molar-refractivity contribution in [3.8, 4) is 0 Å². The van der Waals surface area contributed by atoms with Crippen molar-refractivity contribution in [1.82, 2.24) is 10.0 Å². The third-order valence-electron chi connectivity index (χ3n) is 3.41. The van der Waals surface area contributed by atoms with Crippen LogP contribution in [0.1, 0.15) is 24.0 Å². The van der Waals surface area contributed by atoms with Gasteiger partial charge in [-0.15, -0.1) is 0 Å². The summed E-state index contributed by atoms with van der Waals surface area (Å²) in [6.45, 7) is 1.35. The Bertz CT molecular complexity index is 461. The van der Waals surface area contributed by atoms with Gasteiger partial charge >= 0.3 is 6.18 Å². The molecule has 2 unspecified atom stereocenters. The van der Waals surface area contributed by atoms with E-state index in [4.69, 9.17) is 5.11 Å². The molecule has 1 fully saturated rings. The summed E-state index contributed by atoms with van der Waals surface area (Å²) in [5, 5.41) is 19.9. The lowest BCUT2D eigenvalue weighted by molar-refractivity contribution is -0.137. The maximum Gasteiger partial charge on any atom is 0.416 e. The lowest BCUT2D eigenvalue weighted by Gasteiger charge is -2.26. The summed E-state index contributed by atoms with van der Waals surface area (Å²) >= 11 is 0. The number of hydrogen-bond acceptors (Lipinski definition) is 6. The summed E-state index contributed by atoms with van der Waals surface area (Å²) in [5.41, 5.74) is 0.188. The Kier molecular flexibility index (Phi) is 10.1. The van der Waals surface area contributed by atoms with Crippen molar-refractivity contribution in [2.24, 2.45) is 0 Å². The molecule has 2 rings (SSSR count). The van der Waals surface area contributed by atoms with Crippen LogP contribution in [0.4, 0.5) is 13.2 Å². The molecule has 1 aliphatic heterocycles. The predicted octanol–water partition coefficient (Wildman–Crippen LogP) is 2.81. The van der Waals surface area contributed by atoms with E-state index in [-0.39, 0.29) is 6.10 Å². The van der Waals surface area contributed by atoms with E-state index in [9.17, 15) is 18.3 Å². The van der Waals surface area contributed by atoms with Gasteiger partial charge in [0.2, 0.25) is 0 Å². The largest absolute Gasteiger partial charge is 0.416 e. The minimum atomic E-state index is -4.28. The molecule has 1 saturated heterocycles. The highest BCUT2D eigenvalue weighted by atomic mass is 33.1. The van der Waals surface area contributed by atoms with E-state index in [2.05, 4.69) is 10.0 Å². The quantitative estimate of drug-likeness (QED) is 0.344. The summed E-state index contributed by atoms with van der Waals surface area (Å²) in [4.78, 5) is 0. The Morgan fingerprint density at radius 1 is 1.25 bits per heavy atom. The Balaban J connectivity index is 0.00000139. The number of aliphatic hydroxyl groups excluding tert-OH is 2. The zero-order chi connectivity index (χ0) is 18.0. The highest BCUT2D eigenvalue weighted by Gasteiger charge is 2.29. The molecule has 0 aliphatic carbocycles. The summed E-state index contributed by atoms with van der Waals surface area (Å²) in [6, 6.07) is 5.49. The Morgan fingerprint density at radius 3 is 2.50 bits per heavy atom. The molecule has 0 aromatic heterocycles. The molecule has 0 radical (unpaired) electrons. The average molecular weight is 384 g/mol. The molecule has 1 aromatic rings. The average Bonchev–Trinajstić information content (AvgIpc) is 2.56. The molecule has 24 heavy (non-hydrogen) atoms. The van der Waals surface area contributed by atoms with Crippen LogP contribution in [-0.4, -0.2) is 41.8 Å². The second kappa shape index (κ2) is 11.2. The van der Waals surface area contributed by atoms with Crippen LogP contribution in [0.25, 0.3) is 0 Å². The number of piperidine rings is 1. The van der Waals surface area contributed by atoms with Crippen LogP contribution in [-0.2, 0) is 12.7 Å². The van der Waals surface area contributed by atoms with Gasteiger partial charge in [0.25, 0.3) is 0 Å². The second-order valence-electron chi connectivity index (χ2n) is 5.21. The number of aliphatic hydroxyl groups is 2. The van der Waals surface area contributed by atoms with Gasteiger partial charge < -0.3 is 15.5 Å². The summed E-state index contributed by atoms with van der Waals surface area (Å²) in [5.74, 6) is 0.877. The van der Waals surface area contributed by atoms with Crippen molar-refractivity contribution in [2.75, 3.05) is 19.4 Å². The SMILES string of the molecule is CO.OC1CCNC(CSSNCc2ccc(C(F)(F)F)cc2)C1. The van der Waals surface area contributed by atoms with E-state index in [0.717, 1.165) is 49.9 Å². The van der Waals surface area contributed by atoms with Crippen molar-refractivity contribution in [3.63, 3.8) is 0 Å². The van der Waals surface area contributed by atoms with Crippen molar-refractivity contribution < 1.29 is 23.4 Å². The second-order valence-corrected chi connectivity index (χ2v) is 7.44. The Labute approximate surface area is 148 Å². The highest BCUT2D eigenvalue weighted by Crippen LogP contribution is 2.29. The van der Waals surface area contributed by atoms with Crippen LogP contribution in [0.2, 0.25) is 0 Å². The van der Waals surface area contributed by atoms with Crippen molar-refractivity contribution in [2.45, 2.75) is 37.7 Å². The van der Waals surface area contributed by atoms with E-state index < -0.39 is 11.7 Å². The lowest BCUT2D eigenvalue weighted by atomic mass is 10.0. The molecule has 4 N–H and O–H groups in total. The third kappa shape index (κ3) is 8.09. The first-order chi connectivity index (χ1) is 11.4.